The zero-order valence-corrected chi connectivity index (χ0v) is 13.1. The molecule has 4 nitrogen and oxygen atoms in total. The van der Waals surface area contributed by atoms with Gasteiger partial charge in [-0.25, -0.2) is 0 Å². The Hall–Kier alpha value is -1.29. The summed E-state index contributed by atoms with van der Waals surface area (Å²) in [6.45, 7) is 9.55. The fraction of sp³-hybridized carbons (Fsp3) is 0.688. The van der Waals surface area contributed by atoms with Crippen LogP contribution in [0.4, 0.5) is 0 Å². The van der Waals surface area contributed by atoms with E-state index in [9.17, 15) is 4.79 Å². The highest BCUT2D eigenvalue weighted by atomic mass is 16.2. The molecule has 0 saturated heterocycles. The van der Waals surface area contributed by atoms with E-state index in [-0.39, 0.29) is 11.4 Å². The van der Waals surface area contributed by atoms with Gasteiger partial charge in [0.25, 0.3) is 0 Å². The third-order valence-electron chi connectivity index (χ3n) is 3.60. The van der Waals surface area contributed by atoms with Gasteiger partial charge in [-0.3, -0.25) is 4.79 Å². The number of nitrogens with zero attached hydrogens (tertiary/aromatic N) is 1. The van der Waals surface area contributed by atoms with Crippen LogP contribution < -0.4 is 10.6 Å². The van der Waals surface area contributed by atoms with Crippen molar-refractivity contribution in [2.45, 2.75) is 65.1 Å². The van der Waals surface area contributed by atoms with E-state index in [4.69, 9.17) is 0 Å². The van der Waals surface area contributed by atoms with Crippen LogP contribution in [-0.4, -0.2) is 22.6 Å². The third kappa shape index (κ3) is 3.85. The number of aryl methyl sites for hydroxylation is 1. The summed E-state index contributed by atoms with van der Waals surface area (Å²) in [5, 5.41) is 6.54. The van der Waals surface area contributed by atoms with Gasteiger partial charge in [-0.1, -0.05) is 6.92 Å². The van der Waals surface area contributed by atoms with Crippen molar-refractivity contribution in [3.8, 4) is 0 Å². The van der Waals surface area contributed by atoms with Crippen LogP contribution in [0.3, 0.4) is 0 Å². The molecule has 0 radical (unpaired) electrons. The second-order valence-electron chi connectivity index (χ2n) is 6.71. The summed E-state index contributed by atoms with van der Waals surface area (Å²) in [4.78, 5) is 12.0. The van der Waals surface area contributed by atoms with Gasteiger partial charge < -0.3 is 15.2 Å². The normalized spacial score (nSPS) is 18.7. The highest BCUT2D eigenvalue weighted by Gasteiger charge is 2.22. The van der Waals surface area contributed by atoms with Gasteiger partial charge in [0.15, 0.2) is 0 Å². The van der Waals surface area contributed by atoms with E-state index in [1.165, 1.54) is 24.0 Å². The first kappa shape index (κ1) is 15.1. The minimum atomic E-state index is -0.170. The fourth-order valence-corrected chi connectivity index (χ4v) is 2.92. The molecule has 1 aromatic heterocycles. The molecule has 20 heavy (non-hydrogen) atoms. The molecule has 1 amide bonds. The van der Waals surface area contributed by atoms with E-state index < -0.39 is 0 Å². The van der Waals surface area contributed by atoms with E-state index in [1.54, 1.807) is 0 Å². The molecule has 1 unspecified atom stereocenters. The predicted molar refractivity (Wildman–Crippen MR) is 81.7 cm³/mol. The maximum absolute atomic E-state index is 12.0. The summed E-state index contributed by atoms with van der Waals surface area (Å²) in [7, 11) is 0. The number of aromatic nitrogens is 1. The van der Waals surface area contributed by atoms with E-state index >= 15 is 0 Å². The van der Waals surface area contributed by atoms with Crippen LogP contribution in [0.5, 0.6) is 0 Å². The molecular weight excluding hydrogens is 250 g/mol. The van der Waals surface area contributed by atoms with Gasteiger partial charge in [-0.05, 0) is 57.7 Å². The Labute approximate surface area is 121 Å². The first-order valence-corrected chi connectivity index (χ1v) is 7.62. The van der Waals surface area contributed by atoms with Crippen LogP contribution in [0, 0.1) is 0 Å². The number of hydrogen-bond donors (Lipinski definition) is 2. The molecule has 0 saturated carbocycles. The number of carbonyl (C=O) groups is 1. The topological polar surface area (TPSA) is 46.1 Å². The van der Waals surface area contributed by atoms with Crippen molar-refractivity contribution in [3.05, 3.63) is 23.5 Å². The Balaban J connectivity index is 2.06. The molecule has 0 aliphatic heterocycles. The van der Waals surface area contributed by atoms with Gasteiger partial charge >= 0.3 is 0 Å². The largest absolute Gasteiger partial charge is 0.350 e. The van der Waals surface area contributed by atoms with Crippen LogP contribution in [0.25, 0.3) is 0 Å². The Morgan fingerprint density at radius 2 is 2.15 bits per heavy atom. The molecule has 1 aliphatic rings. The summed E-state index contributed by atoms with van der Waals surface area (Å²) in [6.07, 6.45) is 7.83. The zero-order chi connectivity index (χ0) is 14.8. The smallest absolute Gasteiger partial charge is 0.240 e. The molecular formula is C16H27N3O. The number of nitrogens with one attached hydrogen (secondary N) is 2. The fourth-order valence-electron chi connectivity index (χ4n) is 2.92. The number of rotatable bonds is 4. The Morgan fingerprint density at radius 3 is 2.80 bits per heavy atom. The third-order valence-corrected chi connectivity index (χ3v) is 3.60. The van der Waals surface area contributed by atoms with Crippen LogP contribution in [0.2, 0.25) is 0 Å². The molecule has 1 aromatic rings. The zero-order valence-electron chi connectivity index (χ0n) is 13.1. The van der Waals surface area contributed by atoms with Gasteiger partial charge in [0.1, 0.15) is 6.54 Å². The minimum absolute atomic E-state index is 0.0739. The molecule has 112 valence electrons. The lowest BCUT2D eigenvalue weighted by atomic mass is 9.91. The SMILES string of the molecule is CCNC1CCCc2cn(CC(=O)NC(C)(C)C)cc21. The van der Waals surface area contributed by atoms with Crippen LogP contribution >= 0.6 is 0 Å². The second-order valence-corrected chi connectivity index (χ2v) is 6.71. The van der Waals surface area contributed by atoms with Crippen molar-refractivity contribution >= 4 is 5.91 Å². The van der Waals surface area contributed by atoms with E-state index in [0.717, 1.165) is 13.0 Å². The quantitative estimate of drug-likeness (QED) is 0.887. The molecule has 0 spiro atoms. The van der Waals surface area contributed by atoms with Gasteiger partial charge in [-0.2, -0.15) is 0 Å². The van der Waals surface area contributed by atoms with Crippen molar-refractivity contribution < 1.29 is 4.79 Å². The highest BCUT2D eigenvalue weighted by molar-refractivity contribution is 5.76. The van der Waals surface area contributed by atoms with Gasteiger partial charge in [-0.15, -0.1) is 0 Å². The summed E-state index contributed by atoms with van der Waals surface area (Å²) in [6, 6.07) is 0.454. The van der Waals surface area contributed by atoms with Crippen LogP contribution in [-0.2, 0) is 17.8 Å². The number of fused-ring (bicyclic) bond motifs is 1. The molecule has 1 heterocycles. The Bertz CT molecular complexity index is 471. The van der Waals surface area contributed by atoms with Gasteiger partial charge in [0.05, 0.1) is 0 Å². The first-order chi connectivity index (χ1) is 9.39. The molecule has 2 N–H and O–H groups in total. The summed E-state index contributed by atoms with van der Waals surface area (Å²) >= 11 is 0. The monoisotopic (exact) mass is 277 g/mol. The van der Waals surface area contributed by atoms with Crippen molar-refractivity contribution in [1.29, 1.82) is 0 Å². The molecule has 0 aromatic carbocycles. The van der Waals surface area contributed by atoms with Gasteiger partial charge in [0, 0.05) is 24.0 Å². The number of hydrogen-bond acceptors (Lipinski definition) is 2. The lowest BCUT2D eigenvalue weighted by molar-refractivity contribution is -0.123. The second kappa shape index (κ2) is 6.00. The molecule has 1 atom stereocenters. The average molecular weight is 277 g/mol. The van der Waals surface area contributed by atoms with Crippen LogP contribution in [0.1, 0.15) is 57.7 Å². The highest BCUT2D eigenvalue weighted by Crippen LogP contribution is 2.30. The molecule has 0 bridgehead atoms. The van der Waals surface area contributed by atoms with Crippen molar-refractivity contribution in [2.24, 2.45) is 0 Å². The van der Waals surface area contributed by atoms with Crippen molar-refractivity contribution in [3.63, 3.8) is 0 Å². The number of amides is 1. The van der Waals surface area contributed by atoms with Crippen LogP contribution in [0.15, 0.2) is 12.4 Å². The van der Waals surface area contributed by atoms with Crippen molar-refractivity contribution in [2.75, 3.05) is 6.54 Å². The maximum atomic E-state index is 12.0. The minimum Gasteiger partial charge on any atom is -0.350 e. The average Bonchev–Trinajstić information content (AvgIpc) is 2.70. The lowest BCUT2D eigenvalue weighted by Gasteiger charge is -2.22. The Morgan fingerprint density at radius 1 is 1.40 bits per heavy atom. The molecule has 2 rings (SSSR count). The van der Waals surface area contributed by atoms with Crippen molar-refractivity contribution in [1.82, 2.24) is 15.2 Å². The van der Waals surface area contributed by atoms with E-state index in [2.05, 4.69) is 30.0 Å². The standard InChI is InChI=1S/C16H27N3O/c1-5-17-14-8-6-7-12-9-19(10-13(12)14)11-15(20)18-16(2,3)4/h9-10,14,17H,5-8,11H2,1-4H3,(H,18,20). The lowest BCUT2D eigenvalue weighted by Crippen LogP contribution is -2.42. The maximum Gasteiger partial charge on any atom is 0.240 e. The summed E-state index contributed by atoms with van der Waals surface area (Å²) in [5.41, 5.74) is 2.60. The predicted octanol–water partition coefficient (Wildman–Crippen LogP) is 2.39. The summed E-state index contributed by atoms with van der Waals surface area (Å²) < 4.78 is 2.03. The van der Waals surface area contributed by atoms with E-state index in [0.29, 0.717) is 12.6 Å². The molecule has 4 heteroatoms. The van der Waals surface area contributed by atoms with Gasteiger partial charge in [0.2, 0.25) is 5.91 Å². The first-order valence-electron chi connectivity index (χ1n) is 7.62. The Kier molecular flexibility index (Phi) is 4.53. The summed E-state index contributed by atoms with van der Waals surface area (Å²) in [5.74, 6) is 0.0739. The molecule has 0 fully saturated rings. The molecule has 1 aliphatic carbocycles. The number of carbonyl (C=O) groups excluding carboxylic acids is 1. The van der Waals surface area contributed by atoms with E-state index in [1.807, 2.05) is 25.3 Å².